The van der Waals surface area contributed by atoms with Gasteiger partial charge in [0.2, 0.25) is 0 Å². The second kappa shape index (κ2) is 11.1. The zero-order chi connectivity index (χ0) is 16.3. The molecule has 0 aromatic carbocycles. The largest absolute Gasteiger partial charge is 0.0917 e. The van der Waals surface area contributed by atoms with Crippen LogP contribution in [0.3, 0.4) is 0 Å². The molecule has 0 spiro atoms. The molecule has 0 saturated heterocycles. The zero-order valence-corrected chi connectivity index (χ0v) is 15.8. The van der Waals surface area contributed by atoms with Gasteiger partial charge in [-0.25, -0.2) is 0 Å². The first-order valence-corrected chi connectivity index (χ1v) is 10.6. The van der Waals surface area contributed by atoms with Gasteiger partial charge in [-0.2, -0.15) is 0 Å². The minimum atomic E-state index is 0.986. The molecule has 0 unspecified atom stereocenters. The maximum Gasteiger partial charge on any atom is -0.0322 e. The Labute approximate surface area is 145 Å². The van der Waals surface area contributed by atoms with E-state index in [1.807, 2.05) is 0 Å². The lowest BCUT2D eigenvalue weighted by molar-refractivity contribution is 0.264. The molecule has 0 bridgehead atoms. The van der Waals surface area contributed by atoms with Gasteiger partial charge in [-0.05, 0) is 82.0 Å². The fourth-order valence-electron chi connectivity index (χ4n) is 4.71. The van der Waals surface area contributed by atoms with Crippen LogP contribution in [0, 0.1) is 23.7 Å². The van der Waals surface area contributed by atoms with Crippen LogP contribution in [0.15, 0.2) is 24.3 Å². The highest BCUT2D eigenvalue weighted by Crippen LogP contribution is 2.34. The van der Waals surface area contributed by atoms with Gasteiger partial charge in [-0.15, -0.1) is 0 Å². The van der Waals surface area contributed by atoms with Crippen LogP contribution in [0.4, 0.5) is 0 Å². The Balaban J connectivity index is 1.53. The minimum absolute atomic E-state index is 0.986. The van der Waals surface area contributed by atoms with Crippen LogP contribution in [0.25, 0.3) is 0 Å². The highest BCUT2D eigenvalue weighted by atomic mass is 14.3. The van der Waals surface area contributed by atoms with E-state index in [2.05, 4.69) is 38.2 Å². The van der Waals surface area contributed by atoms with E-state index in [1.165, 1.54) is 83.5 Å². The fourth-order valence-corrected chi connectivity index (χ4v) is 4.71. The number of hydrogen-bond acceptors (Lipinski definition) is 0. The summed E-state index contributed by atoms with van der Waals surface area (Å²) >= 11 is 0. The first-order valence-electron chi connectivity index (χ1n) is 10.6. The predicted octanol–water partition coefficient (Wildman–Crippen LogP) is 7.70. The molecule has 0 aromatic heterocycles. The summed E-state index contributed by atoms with van der Waals surface area (Å²) in [5.41, 5.74) is 0. The third kappa shape index (κ3) is 7.27. The fraction of sp³-hybridized carbons (Fsp3) is 0.826. The average Bonchev–Trinajstić information content (AvgIpc) is 2.61. The quantitative estimate of drug-likeness (QED) is 0.402. The van der Waals surface area contributed by atoms with Crippen molar-refractivity contribution < 1.29 is 0 Å². The van der Waals surface area contributed by atoms with Gasteiger partial charge in [0, 0.05) is 0 Å². The second-order valence-corrected chi connectivity index (χ2v) is 8.27. The SMILES string of the molecule is CC=CCC[C@H]1CC[C@H](CC=CC[C@H]2CC[C@H](CC)CC2)CC1. The molecule has 2 aliphatic rings. The summed E-state index contributed by atoms with van der Waals surface area (Å²) in [5, 5.41) is 0. The Morgan fingerprint density at radius 2 is 1.13 bits per heavy atom. The van der Waals surface area contributed by atoms with Crippen molar-refractivity contribution in [3.05, 3.63) is 24.3 Å². The summed E-state index contributed by atoms with van der Waals surface area (Å²) in [6.07, 6.45) is 28.3. The Bertz CT molecular complexity index is 335. The van der Waals surface area contributed by atoms with Gasteiger partial charge in [0.05, 0.1) is 0 Å². The van der Waals surface area contributed by atoms with E-state index in [4.69, 9.17) is 0 Å². The van der Waals surface area contributed by atoms with Crippen molar-refractivity contribution in [2.75, 3.05) is 0 Å². The molecule has 2 fully saturated rings. The van der Waals surface area contributed by atoms with Gasteiger partial charge in [0.25, 0.3) is 0 Å². The molecule has 0 heteroatoms. The van der Waals surface area contributed by atoms with E-state index < -0.39 is 0 Å². The summed E-state index contributed by atoms with van der Waals surface area (Å²) in [6.45, 7) is 4.50. The lowest BCUT2D eigenvalue weighted by atomic mass is 9.78. The molecule has 0 heterocycles. The smallest absolute Gasteiger partial charge is 0.0322 e. The Kier molecular flexibility index (Phi) is 9.09. The van der Waals surface area contributed by atoms with Crippen LogP contribution in [-0.2, 0) is 0 Å². The van der Waals surface area contributed by atoms with Crippen molar-refractivity contribution in [2.45, 2.75) is 97.3 Å². The van der Waals surface area contributed by atoms with Crippen LogP contribution in [-0.4, -0.2) is 0 Å². The molecule has 0 N–H and O–H groups in total. The molecule has 0 radical (unpaired) electrons. The summed E-state index contributed by atoms with van der Waals surface area (Å²) in [4.78, 5) is 0. The lowest BCUT2D eigenvalue weighted by Gasteiger charge is -2.28. The van der Waals surface area contributed by atoms with E-state index >= 15 is 0 Å². The first kappa shape index (κ1) is 18.8. The monoisotopic (exact) mass is 316 g/mol. The molecule has 2 aliphatic carbocycles. The highest BCUT2D eigenvalue weighted by molar-refractivity contribution is 4.89. The van der Waals surface area contributed by atoms with Gasteiger partial charge in [-0.3, -0.25) is 0 Å². The molecular formula is C23H40. The van der Waals surface area contributed by atoms with E-state index in [-0.39, 0.29) is 0 Å². The third-order valence-electron chi connectivity index (χ3n) is 6.59. The van der Waals surface area contributed by atoms with E-state index in [9.17, 15) is 0 Å². The molecule has 0 nitrogen and oxygen atoms in total. The normalized spacial score (nSPS) is 32.8. The summed E-state index contributed by atoms with van der Waals surface area (Å²) < 4.78 is 0. The van der Waals surface area contributed by atoms with Crippen LogP contribution in [0.2, 0.25) is 0 Å². The highest BCUT2D eigenvalue weighted by Gasteiger charge is 2.20. The van der Waals surface area contributed by atoms with Crippen molar-refractivity contribution in [3.8, 4) is 0 Å². The van der Waals surface area contributed by atoms with Gasteiger partial charge in [0.1, 0.15) is 0 Å². The van der Waals surface area contributed by atoms with Crippen molar-refractivity contribution in [1.29, 1.82) is 0 Å². The van der Waals surface area contributed by atoms with Crippen molar-refractivity contribution >= 4 is 0 Å². The molecule has 23 heavy (non-hydrogen) atoms. The van der Waals surface area contributed by atoms with Crippen molar-refractivity contribution in [3.63, 3.8) is 0 Å². The standard InChI is InChI=1S/C23H40/c1-3-5-6-9-21-16-18-23(19-17-21)11-8-7-10-22-14-12-20(4-2)13-15-22/h3,5,7-8,20-23H,4,6,9-19H2,1-2H3/t20-,21-,22-,23-. The summed E-state index contributed by atoms with van der Waals surface area (Å²) in [7, 11) is 0. The Morgan fingerprint density at radius 3 is 1.61 bits per heavy atom. The molecule has 0 atom stereocenters. The lowest BCUT2D eigenvalue weighted by Crippen LogP contribution is -2.14. The molecular weight excluding hydrogens is 276 g/mol. The van der Waals surface area contributed by atoms with Crippen molar-refractivity contribution in [2.24, 2.45) is 23.7 Å². The molecule has 2 saturated carbocycles. The van der Waals surface area contributed by atoms with Gasteiger partial charge < -0.3 is 0 Å². The van der Waals surface area contributed by atoms with Gasteiger partial charge >= 0.3 is 0 Å². The number of rotatable bonds is 8. The van der Waals surface area contributed by atoms with Crippen LogP contribution >= 0.6 is 0 Å². The van der Waals surface area contributed by atoms with Crippen molar-refractivity contribution in [1.82, 2.24) is 0 Å². The first-order chi connectivity index (χ1) is 11.3. The maximum absolute atomic E-state index is 2.52. The third-order valence-corrected chi connectivity index (χ3v) is 6.59. The second-order valence-electron chi connectivity index (χ2n) is 8.27. The summed E-state index contributed by atoms with van der Waals surface area (Å²) in [6, 6.07) is 0. The van der Waals surface area contributed by atoms with E-state index in [1.54, 1.807) is 0 Å². The maximum atomic E-state index is 2.52. The van der Waals surface area contributed by atoms with Gasteiger partial charge in [-0.1, -0.05) is 63.3 Å². The zero-order valence-electron chi connectivity index (χ0n) is 15.8. The van der Waals surface area contributed by atoms with Crippen LogP contribution < -0.4 is 0 Å². The van der Waals surface area contributed by atoms with Crippen LogP contribution in [0.5, 0.6) is 0 Å². The average molecular weight is 317 g/mol. The minimum Gasteiger partial charge on any atom is -0.0917 e. The summed E-state index contributed by atoms with van der Waals surface area (Å²) in [5.74, 6) is 4.04. The van der Waals surface area contributed by atoms with Gasteiger partial charge in [0.15, 0.2) is 0 Å². The predicted molar refractivity (Wildman–Crippen MR) is 104 cm³/mol. The topological polar surface area (TPSA) is 0 Å². The molecule has 132 valence electrons. The molecule has 2 rings (SSSR count). The molecule has 0 aliphatic heterocycles. The van der Waals surface area contributed by atoms with Crippen LogP contribution in [0.1, 0.15) is 97.3 Å². The molecule has 0 amide bonds. The van der Waals surface area contributed by atoms with E-state index in [0.717, 1.165) is 23.7 Å². The Morgan fingerprint density at radius 1 is 0.652 bits per heavy atom. The Hall–Kier alpha value is -0.520. The van der Waals surface area contributed by atoms with E-state index in [0.29, 0.717) is 0 Å². The number of hydrogen-bond donors (Lipinski definition) is 0. The molecule has 0 aromatic rings. The number of allylic oxidation sites excluding steroid dienone is 4.